The van der Waals surface area contributed by atoms with Gasteiger partial charge < -0.3 is 0 Å². The van der Waals surface area contributed by atoms with Gasteiger partial charge in [0, 0.05) is 5.02 Å². The molecule has 0 radical (unpaired) electrons. The minimum Gasteiger partial charge on any atom is -0.0843 e. The van der Waals surface area contributed by atoms with Gasteiger partial charge in [-0.05, 0) is 45.5 Å². The van der Waals surface area contributed by atoms with Gasteiger partial charge in [0.1, 0.15) is 0 Å². The predicted molar refractivity (Wildman–Crippen MR) is 108 cm³/mol. The van der Waals surface area contributed by atoms with E-state index in [2.05, 4.69) is 91.0 Å². The summed E-state index contributed by atoms with van der Waals surface area (Å²) in [7, 11) is 0. The van der Waals surface area contributed by atoms with E-state index in [9.17, 15) is 0 Å². The van der Waals surface area contributed by atoms with Crippen LogP contribution in [0.15, 0.2) is 103 Å². The molecule has 0 N–H and O–H groups in total. The molecule has 4 aromatic rings. The molecule has 0 nitrogen and oxygen atoms in total. The molecule has 0 aromatic heterocycles. The van der Waals surface area contributed by atoms with Crippen LogP contribution in [0.2, 0.25) is 5.02 Å². The lowest BCUT2D eigenvalue weighted by molar-refractivity contribution is 1.56. The molecule has 0 heterocycles. The molecule has 0 aliphatic rings. The second-order valence-electron chi connectivity index (χ2n) is 5.97. The summed E-state index contributed by atoms with van der Waals surface area (Å²) in [5.74, 6) is 0. The van der Waals surface area contributed by atoms with E-state index < -0.39 is 0 Å². The van der Waals surface area contributed by atoms with Crippen molar-refractivity contribution in [2.75, 3.05) is 0 Å². The van der Waals surface area contributed by atoms with Gasteiger partial charge in [0.2, 0.25) is 0 Å². The second kappa shape index (κ2) is 6.96. The smallest absolute Gasteiger partial charge is 0.0406 e. The van der Waals surface area contributed by atoms with Crippen molar-refractivity contribution < 1.29 is 0 Å². The maximum atomic E-state index is 6.08. The Kier molecular flexibility index (Phi) is 4.37. The van der Waals surface area contributed by atoms with Crippen molar-refractivity contribution in [2.45, 2.75) is 0 Å². The molecule has 25 heavy (non-hydrogen) atoms. The van der Waals surface area contributed by atoms with E-state index in [0.29, 0.717) is 0 Å². The Morgan fingerprint density at radius 3 is 1.44 bits per heavy atom. The van der Waals surface area contributed by atoms with Gasteiger partial charge in [0.05, 0.1) is 0 Å². The zero-order chi connectivity index (χ0) is 17.1. The summed E-state index contributed by atoms with van der Waals surface area (Å²) >= 11 is 6.08. The van der Waals surface area contributed by atoms with Crippen LogP contribution >= 0.6 is 11.6 Å². The van der Waals surface area contributed by atoms with Crippen molar-refractivity contribution in [1.82, 2.24) is 0 Å². The minimum absolute atomic E-state index is 0.754. The summed E-state index contributed by atoms with van der Waals surface area (Å²) < 4.78 is 0. The van der Waals surface area contributed by atoms with Crippen molar-refractivity contribution in [3.63, 3.8) is 0 Å². The lowest BCUT2D eigenvalue weighted by Gasteiger charge is -2.16. The van der Waals surface area contributed by atoms with Crippen LogP contribution in [0.4, 0.5) is 0 Å². The van der Waals surface area contributed by atoms with Crippen molar-refractivity contribution in [2.24, 2.45) is 0 Å². The molecule has 0 aliphatic carbocycles. The molecule has 0 spiro atoms. The molecule has 0 fully saturated rings. The molecule has 0 saturated heterocycles. The van der Waals surface area contributed by atoms with Crippen molar-refractivity contribution in [3.05, 3.63) is 108 Å². The Bertz CT molecular complexity index is 971. The molecule has 0 aliphatic heterocycles. The fourth-order valence-electron chi connectivity index (χ4n) is 3.20. The van der Waals surface area contributed by atoms with E-state index in [1.807, 2.05) is 12.1 Å². The minimum atomic E-state index is 0.754. The molecule has 0 amide bonds. The first-order chi connectivity index (χ1) is 12.3. The SMILES string of the molecule is Clc1ccc(-c2cccc(-c3ccccc3)c2-c2ccccc2)cc1. The number of halogens is 1. The van der Waals surface area contributed by atoms with Crippen LogP contribution in [0.1, 0.15) is 0 Å². The van der Waals surface area contributed by atoms with Gasteiger partial charge in [-0.25, -0.2) is 0 Å². The summed E-state index contributed by atoms with van der Waals surface area (Å²) in [6.07, 6.45) is 0. The second-order valence-corrected chi connectivity index (χ2v) is 6.40. The third-order valence-corrected chi connectivity index (χ3v) is 4.62. The Balaban J connectivity index is 2.00. The van der Waals surface area contributed by atoms with Crippen LogP contribution in [0, 0.1) is 0 Å². The maximum absolute atomic E-state index is 6.08. The van der Waals surface area contributed by atoms with Gasteiger partial charge in [0.25, 0.3) is 0 Å². The van der Waals surface area contributed by atoms with E-state index in [4.69, 9.17) is 11.6 Å². The first-order valence-corrected chi connectivity index (χ1v) is 8.70. The third-order valence-electron chi connectivity index (χ3n) is 4.37. The van der Waals surface area contributed by atoms with Crippen molar-refractivity contribution in [3.8, 4) is 33.4 Å². The lowest BCUT2D eigenvalue weighted by Crippen LogP contribution is -1.90. The summed E-state index contributed by atoms with van der Waals surface area (Å²) in [5, 5.41) is 0.754. The molecule has 120 valence electrons. The number of hydrogen-bond acceptors (Lipinski definition) is 0. The molecule has 0 bridgehead atoms. The van der Waals surface area contributed by atoms with E-state index in [1.165, 1.54) is 33.4 Å². The van der Waals surface area contributed by atoms with Crippen LogP contribution in [-0.2, 0) is 0 Å². The highest BCUT2D eigenvalue weighted by molar-refractivity contribution is 6.30. The summed E-state index contributed by atoms with van der Waals surface area (Å²) in [6.45, 7) is 0. The Hall–Kier alpha value is -2.83. The Labute approximate surface area is 153 Å². The van der Waals surface area contributed by atoms with Gasteiger partial charge in [0.15, 0.2) is 0 Å². The highest BCUT2D eigenvalue weighted by Gasteiger charge is 2.13. The fourth-order valence-corrected chi connectivity index (χ4v) is 3.32. The summed E-state index contributed by atoms with van der Waals surface area (Å²) in [6, 6.07) is 35.6. The molecular weight excluding hydrogens is 324 g/mol. The average molecular weight is 341 g/mol. The summed E-state index contributed by atoms with van der Waals surface area (Å²) in [5.41, 5.74) is 7.30. The van der Waals surface area contributed by atoms with Crippen LogP contribution in [0.25, 0.3) is 33.4 Å². The van der Waals surface area contributed by atoms with Crippen molar-refractivity contribution >= 4 is 11.6 Å². The predicted octanol–water partition coefficient (Wildman–Crippen LogP) is 7.34. The summed E-state index contributed by atoms with van der Waals surface area (Å²) in [4.78, 5) is 0. The number of hydrogen-bond donors (Lipinski definition) is 0. The Morgan fingerprint density at radius 2 is 0.880 bits per heavy atom. The van der Waals surface area contributed by atoms with Gasteiger partial charge >= 0.3 is 0 Å². The van der Waals surface area contributed by atoms with Crippen LogP contribution in [-0.4, -0.2) is 0 Å². The van der Waals surface area contributed by atoms with Crippen LogP contribution in [0.3, 0.4) is 0 Å². The highest BCUT2D eigenvalue weighted by atomic mass is 35.5. The van der Waals surface area contributed by atoms with Crippen molar-refractivity contribution in [1.29, 1.82) is 0 Å². The standard InChI is InChI=1S/C24H17Cl/c25-21-16-14-19(15-17-21)23-13-7-12-22(18-8-3-1-4-9-18)24(23)20-10-5-2-6-11-20/h1-17H. The zero-order valence-corrected chi connectivity index (χ0v) is 14.4. The molecule has 4 rings (SSSR count). The topological polar surface area (TPSA) is 0 Å². The van der Waals surface area contributed by atoms with E-state index in [1.54, 1.807) is 0 Å². The van der Waals surface area contributed by atoms with Gasteiger partial charge in [-0.1, -0.05) is 103 Å². The molecule has 0 saturated carbocycles. The van der Waals surface area contributed by atoms with E-state index in [-0.39, 0.29) is 0 Å². The van der Waals surface area contributed by atoms with E-state index >= 15 is 0 Å². The normalized spacial score (nSPS) is 10.6. The third kappa shape index (κ3) is 3.22. The molecule has 1 heteroatoms. The average Bonchev–Trinajstić information content (AvgIpc) is 2.69. The maximum Gasteiger partial charge on any atom is 0.0406 e. The first-order valence-electron chi connectivity index (χ1n) is 8.33. The van der Waals surface area contributed by atoms with Gasteiger partial charge in [-0.15, -0.1) is 0 Å². The van der Waals surface area contributed by atoms with Crippen LogP contribution in [0.5, 0.6) is 0 Å². The largest absolute Gasteiger partial charge is 0.0843 e. The first kappa shape index (κ1) is 15.7. The molecule has 0 unspecified atom stereocenters. The number of rotatable bonds is 3. The zero-order valence-electron chi connectivity index (χ0n) is 13.7. The molecule has 0 atom stereocenters. The quantitative estimate of drug-likeness (QED) is 0.366. The number of benzene rings is 4. The lowest BCUT2D eigenvalue weighted by atomic mass is 9.88. The van der Waals surface area contributed by atoms with Gasteiger partial charge in [-0.2, -0.15) is 0 Å². The van der Waals surface area contributed by atoms with Gasteiger partial charge in [-0.3, -0.25) is 0 Å². The monoisotopic (exact) mass is 340 g/mol. The fraction of sp³-hybridized carbons (Fsp3) is 0. The highest BCUT2D eigenvalue weighted by Crippen LogP contribution is 2.40. The molecule has 4 aromatic carbocycles. The van der Waals surface area contributed by atoms with E-state index in [0.717, 1.165) is 5.02 Å². The van der Waals surface area contributed by atoms with Crippen LogP contribution < -0.4 is 0 Å². The molecular formula is C24H17Cl. The Morgan fingerprint density at radius 1 is 0.400 bits per heavy atom.